The van der Waals surface area contributed by atoms with E-state index in [0.717, 1.165) is 40.8 Å². The normalized spacial score (nSPS) is 22.1. The van der Waals surface area contributed by atoms with Gasteiger partial charge in [0.15, 0.2) is 18.3 Å². The van der Waals surface area contributed by atoms with E-state index in [0.29, 0.717) is 81.0 Å². The minimum Gasteiger partial charge on any atom is -0.444 e. The summed E-state index contributed by atoms with van der Waals surface area (Å²) < 4.78 is 10.9. The summed E-state index contributed by atoms with van der Waals surface area (Å²) in [4.78, 5) is 76.6. The molecule has 3 heterocycles. The third-order valence-corrected chi connectivity index (χ3v) is 12.5. The van der Waals surface area contributed by atoms with E-state index in [9.17, 15) is 24.0 Å². The number of carbonyl (C=O) groups is 5. The molecule has 0 spiro atoms. The van der Waals surface area contributed by atoms with Crippen molar-refractivity contribution in [2.75, 3.05) is 31.6 Å². The zero-order valence-corrected chi connectivity index (χ0v) is 37.6. The maximum Gasteiger partial charge on any atom is 0.410 e. The number of ketones is 2. The van der Waals surface area contributed by atoms with Crippen molar-refractivity contribution in [3.05, 3.63) is 83.2 Å². The van der Waals surface area contributed by atoms with E-state index in [-0.39, 0.29) is 47.7 Å². The number of azo groups is 1. The number of anilines is 1. The van der Waals surface area contributed by atoms with Gasteiger partial charge in [0, 0.05) is 66.8 Å². The van der Waals surface area contributed by atoms with Gasteiger partial charge in [-0.3, -0.25) is 14.4 Å². The molecule has 2 aromatic carbocycles. The van der Waals surface area contributed by atoms with Crippen LogP contribution in [0.1, 0.15) is 107 Å². The number of pyridine rings is 1. The van der Waals surface area contributed by atoms with Crippen LogP contribution in [0, 0.1) is 42.4 Å². The number of alkyl carbamates (subject to hydrolysis) is 1. The Morgan fingerprint density at radius 1 is 0.810 bits per heavy atom. The summed E-state index contributed by atoms with van der Waals surface area (Å²) in [7, 11) is 0. The van der Waals surface area contributed by atoms with Crippen molar-refractivity contribution >= 4 is 41.2 Å². The van der Waals surface area contributed by atoms with Crippen molar-refractivity contribution < 1.29 is 33.4 Å². The number of fused-ring (bicyclic) bond motifs is 1. The molecular formula is C49H61N7O7. The average Bonchev–Trinajstić information content (AvgIpc) is 3.59. The number of rotatable bonds is 14. The number of amides is 3. The van der Waals surface area contributed by atoms with Gasteiger partial charge in [0.1, 0.15) is 22.7 Å². The number of likely N-dealkylation sites (tertiary alicyclic amines) is 1. The molecule has 63 heavy (non-hydrogen) atoms. The highest BCUT2D eigenvalue weighted by molar-refractivity contribution is 6.01. The number of aromatic nitrogens is 1. The molecule has 7 rings (SSSR count). The second-order valence-electron chi connectivity index (χ2n) is 19.6. The fraction of sp³-hybridized carbons (Fsp3) is 0.531. The number of aryl methyl sites for hydroxylation is 1. The molecule has 3 amide bonds. The molecule has 2 aliphatic heterocycles. The van der Waals surface area contributed by atoms with Crippen LogP contribution in [0.5, 0.6) is 0 Å². The Morgan fingerprint density at radius 3 is 2.06 bits per heavy atom. The number of aliphatic imine (C=N–C) groups is 1. The number of amidine groups is 1. The van der Waals surface area contributed by atoms with Crippen LogP contribution in [0.3, 0.4) is 0 Å². The second kappa shape index (κ2) is 18.9. The molecule has 2 saturated carbocycles. The molecule has 1 aromatic heterocycles. The highest BCUT2D eigenvalue weighted by Crippen LogP contribution is 2.54. The first-order chi connectivity index (χ1) is 29.9. The fourth-order valence-electron chi connectivity index (χ4n) is 9.10. The van der Waals surface area contributed by atoms with Gasteiger partial charge < -0.3 is 25.0 Å². The van der Waals surface area contributed by atoms with Crippen LogP contribution < -0.4 is 10.6 Å². The van der Waals surface area contributed by atoms with Gasteiger partial charge in [0.25, 0.3) is 0 Å². The summed E-state index contributed by atoms with van der Waals surface area (Å²) in [6, 6.07) is 19.0. The van der Waals surface area contributed by atoms with Gasteiger partial charge in [-0.05, 0) is 146 Å². The van der Waals surface area contributed by atoms with E-state index in [4.69, 9.17) is 14.5 Å². The lowest BCUT2D eigenvalue weighted by atomic mass is 9.77. The van der Waals surface area contributed by atoms with Crippen molar-refractivity contribution in [3.8, 4) is 11.1 Å². The summed E-state index contributed by atoms with van der Waals surface area (Å²) in [5.41, 5.74) is 4.25. The lowest BCUT2D eigenvalue weighted by molar-refractivity contribution is -0.129. The molecule has 4 aliphatic rings. The van der Waals surface area contributed by atoms with Crippen molar-refractivity contribution in [1.29, 1.82) is 0 Å². The molecule has 2 unspecified atom stereocenters. The Labute approximate surface area is 370 Å². The highest BCUT2D eigenvalue weighted by atomic mass is 16.6. The molecule has 3 fully saturated rings. The quantitative estimate of drug-likeness (QED) is 0.151. The fourth-order valence-corrected chi connectivity index (χ4v) is 9.10. The smallest absolute Gasteiger partial charge is 0.410 e. The molecule has 334 valence electrons. The molecule has 0 radical (unpaired) electrons. The molecule has 1 saturated heterocycles. The van der Waals surface area contributed by atoms with Crippen molar-refractivity contribution in [3.63, 3.8) is 0 Å². The Bertz CT molecular complexity index is 2240. The van der Waals surface area contributed by atoms with Crippen LogP contribution in [-0.4, -0.2) is 82.9 Å². The molecule has 3 atom stereocenters. The minimum atomic E-state index is -0.609. The van der Waals surface area contributed by atoms with Crippen molar-refractivity contribution in [2.24, 2.45) is 50.7 Å². The Hall–Kier alpha value is -5.79. The van der Waals surface area contributed by atoms with E-state index in [1.54, 1.807) is 23.1 Å². The van der Waals surface area contributed by atoms with Gasteiger partial charge in [-0.2, -0.15) is 5.11 Å². The zero-order chi connectivity index (χ0) is 45.1. The molecule has 14 nitrogen and oxygen atoms in total. The lowest BCUT2D eigenvalue weighted by Crippen LogP contribution is -2.37. The van der Waals surface area contributed by atoms with Gasteiger partial charge in [-0.15, -0.1) is 5.11 Å². The molecule has 14 heteroatoms. The Morgan fingerprint density at radius 2 is 1.46 bits per heavy atom. The first-order valence-corrected chi connectivity index (χ1v) is 22.3. The van der Waals surface area contributed by atoms with E-state index in [2.05, 4.69) is 25.9 Å². The number of piperidine rings is 1. The monoisotopic (exact) mass is 859 g/mol. The number of nitrogens with one attached hydrogen (secondary N) is 2. The summed E-state index contributed by atoms with van der Waals surface area (Å²) in [5, 5.41) is 13.9. The number of Topliss-reactive ketones (excluding diaryl/α,β-unsaturated/α-hetero) is 2. The number of hydrogen-bond acceptors (Lipinski definition) is 11. The van der Waals surface area contributed by atoms with E-state index < -0.39 is 23.2 Å². The predicted octanol–water partition coefficient (Wildman–Crippen LogP) is 9.00. The van der Waals surface area contributed by atoms with Crippen molar-refractivity contribution in [1.82, 2.24) is 15.2 Å². The third-order valence-electron chi connectivity index (χ3n) is 12.5. The molecule has 3 aromatic rings. The van der Waals surface area contributed by atoms with Gasteiger partial charge in [0.2, 0.25) is 5.91 Å². The summed E-state index contributed by atoms with van der Waals surface area (Å²) in [6.45, 7) is 15.0. The molecule has 2 aliphatic carbocycles. The van der Waals surface area contributed by atoms with E-state index >= 15 is 0 Å². The maximum absolute atomic E-state index is 14.0. The standard InChI is InChI=1S/C49H61N7O7/c1-29-37(20-21-41(53-29)43(58)24-38-39-26-56(27-40(38)39)47(61)63-49(5,6)7)32-12-8-30(9-13-32)22-35(45(59)54-36-18-16-34(17-19-36)44-51-28-52-55-44)23-42(57)33-14-10-31(11-15-33)25-50-46(60)62-48(2,3)4/h8-9,12-13,16-21,31,33,35,38-40H,10-11,14-15,22-28H2,1-7H3,(H,50,60)(H,54,59)/t31?,33?,35-,38?,39?,40?/m1/s1. The van der Waals surface area contributed by atoms with Gasteiger partial charge in [-0.1, -0.05) is 30.3 Å². The molecular weight excluding hydrogens is 799 g/mol. The van der Waals surface area contributed by atoms with E-state index in [1.165, 1.54) is 0 Å². The summed E-state index contributed by atoms with van der Waals surface area (Å²) in [6.07, 6.45) is 3.20. The number of benzene rings is 2. The summed E-state index contributed by atoms with van der Waals surface area (Å²) in [5.74, 6) is 0.813. The largest absolute Gasteiger partial charge is 0.444 e. The number of nitrogens with zero attached hydrogens (tertiary/aromatic N) is 5. The summed E-state index contributed by atoms with van der Waals surface area (Å²) >= 11 is 0. The Balaban J connectivity index is 0.961. The number of carbonyl (C=O) groups excluding carboxylic acids is 5. The van der Waals surface area contributed by atoms with Crippen molar-refractivity contribution in [2.45, 2.75) is 105 Å². The maximum atomic E-state index is 14.0. The Kier molecular flexibility index (Phi) is 13.6. The van der Waals surface area contributed by atoms with Crippen LogP contribution in [0.4, 0.5) is 15.3 Å². The van der Waals surface area contributed by atoms with Crippen LogP contribution in [0.2, 0.25) is 0 Å². The first kappa shape index (κ1) is 45.2. The zero-order valence-electron chi connectivity index (χ0n) is 37.6. The first-order valence-electron chi connectivity index (χ1n) is 22.3. The minimum absolute atomic E-state index is 0.0101. The third kappa shape index (κ3) is 12.0. The lowest BCUT2D eigenvalue weighted by Gasteiger charge is -2.29. The van der Waals surface area contributed by atoms with Gasteiger partial charge in [0.05, 0.1) is 0 Å². The average molecular weight is 860 g/mol. The second-order valence-corrected chi connectivity index (χ2v) is 19.6. The predicted molar refractivity (Wildman–Crippen MR) is 239 cm³/mol. The van der Waals surface area contributed by atoms with E-state index in [1.807, 2.05) is 90.9 Å². The molecule has 2 N–H and O–H groups in total. The SMILES string of the molecule is Cc1nc(C(=O)CC2C3CN(C(=O)OC(C)(C)C)CC23)ccc1-c1ccc(C[C@H](CC(=O)C2CCC(CNC(=O)OC(C)(C)C)CC2)C(=O)Nc2ccc(C3=NCN=N3)cc2)cc1. The van der Waals surface area contributed by atoms with Crippen LogP contribution in [0.25, 0.3) is 11.1 Å². The number of ether oxygens (including phenoxy) is 2. The van der Waals surface area contributed by atoms with Crippen LogP contribution in [0.15, 0.2) is 75.9 Å². The molecule has 0 bridgehead atoms. The van der Waals surface area contributed by atoms with Crippen LogP contribution >= 0.6 is 0 Å². The van der Waals surface area contributed by atoms with Crippen LogP contribution in [-0.2, 0) is 25.5 Å². The van der Waals surface area contributed by atoms with Gasteiger partial charge in [-0.25, -0.2) is 19.6 Å². The topological polar surface area (TPSA) is 181 Å². The highest BCUT2D eigenvalue weighted by Gasteiger charge is 2.57. The van der Waals surface area contributed by atoms with Gasteiger partial charge >= 0.3 is 12.2 Å². The number of hydrogen-bond donors (Lipinski definition) is 2.